The molecule has 106 valence electrons. The Kier molecular flexibility index (Phi) is 4.09. The lowest BCUT2D eigenvalue weighted by Gasteiger charge is -2.26. The summed E-state index contributed by atoms with van der Waals surface area (Å²) >= 11 is 0. The van der Waals surface area contributed by atoms with Gasteiger partial charge in [0.1, 0.15) is 18.1 Å². The fraction of sp³-hybridized carbons (Fsp3) is 0.385. The van der Waals surface area contributed by atoms with Crippen molar-refractivity contribution >= 4 is 17.9 Å². The minimum absolute atomic E-state index is 0.0340. The van der Waals surface area contributed by atoms with E-state index in [9.17, 15) is 19.7 Å². The highest BCUT2D eigenvalue weighted by Gasteiger charge is 2.39. The highest BCUT2D eigenvalue weighted by atomic mass is 16.6. The lowest BCUT2D eigenvalue weighted by Crippen LogP contribution is -2.43. The highest BCUT2D eigenvalue weighted by molar-refractivity contribution is 5.99. The van der Waals surface area contributed by atoms with Gasteiger partial charge in [-0.1, -0.05) is 12.1 Å². The number of benzene rings is 1. The fourth-order valence-corrected chi connectivity index (χ4v) is 2.40. The molecule has 1 aromatic carbocycles. The van der Waals surface area contributed by atoms with Gasteiger partial charge in [-0.3, -0.25) is 14.9 Å². The molecule has 1 aliphatic heterocycles. The Labute approximate surface area is 115 Å². The van der Waals surface area contributed by atoms with Gasteiger partial charge in [0.05, 0.1) is 11.0 Å². The van der Waals surface area contributed by atoms with Gasteiger partial charge in [0.15, 0.2) is 0 Å². The van der Waals surface area contributed by atoms with E-state index in [4.69, 9.17) is 4.74 Å². The lowest BCUT2D eigenvalue weighted by molar-refractivity contribution is -0.385. The van der Waals surface area contributed by atoms with E-state index in [1.807, 2.05) is 0 Å². The lowest BCUT2D eigenvalue weighted by atomic mass is 10.1. The van der Waals surface area contributed by atoms with Crippen LogP contribution in [0.5, 0.6) is 0 Å². The molecule has 1 saturated heterocycles. The van der Waals surface area contributed by atoms with Crippen LogP contribution in [0.4, 0.5) is 5.69 Å². The molecule has 20 heavy (non-hydrogen) atoms. The predicted octanol–water partition coefficient (Wildman–Crippen LogP) is 1.37. The number of carbonyl (C=O) groups is 2. The molecule has 0 radical (unpaired) electrons. The van der Waals surface area contributed by atoms with Crippen molar-refractivity contribution in [2.75, 3.05) is 7.11 Å². The normalized spacial score (nSPS) is 21.8. The number of hydrogen-bond donors (Lipinski definition) is 0. The van der Waals surface area contributed by atoms with Crippen molar-refractivity contribution in [2.45, 2.75) is 25.1 Å². The molecule has 0 N–H and O–H groups in total. The van der Waals surface area contributed by atoms with Crippen LogP contribution < -0.4 is 0 Å². The summed E-state index contributed by atoms with van der Waals surface area (Å²) in [5, 5.41) is 11.0. The maximum atomic E-state index is 12.5. The van der Waals surface area contributed by atoms with E-state index >= 15 is 0 Å². The monoisotopic (exact) mass is 278 g/mol. The summed E-state index contributed by atoms with van der Waals surface area (Å²) in [4.78, 5) is 35.2. The topological polar surface area (TPSA) is 89.8 Å². The Morgan fingerprint density at radius 1 is 1.45 bits per heavy atom. The highest BCUT2D eigenvalue weighted by Crippen LogP contribution is 2.28. The number of nitro benzene ring substituents is 1. The molecule has 2 rings (SSSR count). The first kappa shape index (κ1) is 14.1. The van der Waals surface area contributed by atoms with Crippen LogP contribution in [0.2, 0.25) is 0 Å². The quantitative estimate of drug-likeness (QED) is 0.471. The van der Waals surface area contributed by atoms with Gasteiger partial charge in [0, 0.05) is 13.2 Å². The second-order valence-electron chi connectivity index (χ2n) is 4.46. The molecule has 0 spiro atoms. The number of likely N-dealkylation sites (tertiary alicyclic amines) is 1. The summed E-state index contributed by atoms with van der Waals surface area (Å²) in [7, 11) is 1.44. The number of methoxy groups -OCH3 is 1. The van der Waals surface area contributed by atoms with Crippen molar-refractivity contribution in [3.8, 4) is 0 Å². The van der Waals surface area contributed by atoms with E-state index in [1.54, 1.807) is 6.07 Å². The summed E-state index contributed by atoms with van der Waals surface area (Å²) in [5.74, 6) is -0.557. The summed E-state index contributed by atoms with van der Waals surface area (Å²) in [5.41, 5.74) is -0.308. The van der Waals surface area contributed by atoms with Crippen molar-refractivity contribution in [1.29, 1.82) is 0 Å². The number of rotatable bonds is 4. The maximum absolute atomic E-state index is 12.5. The third kappa shape index (κ3) is 2.39. The maximum Gasteiger partial charge on any atom is 0.282 e. The molecular weight excluding hydrogens is 264 g/mol. The van der Waals surface area contributed by atoms with Crippen molar-refractivity contribution in [1.82, 2.24) is 4.90 Å². The molecule has 0 unspecified atom stereocenters. The van der Waals surface area contributed by atoms with Crippen molar-refractivity contribution in [3.05, 3.63) is 39.9 Å². The van der Waals surface area contributed by atoms with Crippen LogP contribution in [0, 0.1) is 10.1 Å². The predicted molar refractivity (Wildman–Crippen MR) is 69.1 cm³/mol. The third-order valence-corrected chi connectivity index (χ3v) is 3.37. The van der Waals surface area contributed by atoms with E-state index < -0.39 is 23.1 Å². The van der Waals surface area contributed by atoms with Gasteiger partial charge < -0.3 is 14.4 Å². The van der Waals surface area contributed by atoms with E-state index in [1.165, 1.54) is 30.2 Å². The van der Waals surface area contributed by atoms with Gasteiger partial charge in [-0.05, 0) is 18.9 Å². The van der Waals surface area contributed by atoms with Crippen LogP contribution in [0.1, 0.15) is 23.2 Å². The Hall–Kier alpha value is -2.28. The Balaban J connectivity index is 2.39. The van der Waals surface area contributed by atoms with Crippen LogP contribution in [-0.4, -0.2) is 41.4 Å². The molecule has 1 aliphatic rings. The summed E-state index contributed by atoms with van der Waals surface area (Å²) < 4.78 is 5.18. The first-order valence-electron chi connectivity index (χ1n) is 6.14. The molecule has 1 amide bonds. The van der Waals surface area contributed by atoms with Crippen LogP contribution in [-0.2, 0) is 9.53 Å². The van der Waals surface area contributed by atoms with E-state index in [0.29, 0.717) is 19.1 Å². The number of carbonyl (C=O) groups excluding carboxylic acids is 2. The molecule has 1 fully saturated rings. The van der Waals surface area contributed by atoms with Crippen molar-refractivity contribution < 1.29 is 19.2 Å². The molecule has 1 heterocycles. The molecular formula is C13H14N2O5. The zero-order valence-electron chi connectivity index (χ0n) is 10.9. The average Bonchev–Trinajstić information content (AvgIpc) is 2.89. The zero-order chi connectivity index (χ0) is 14.7. The number of aldehydes is 1. The van der Waals surface area contributed by atoms with E-state index in [-0.39, 0.29) is 11.3 Å². The molecule has 7 nitrogen and oxygen atoms in total. The van der Waals surface area contributed by atoms with Crippen molar-refractivity contribution in [3.63, 3.8) is 0 Å². The third-order valence-electron chi connectivity index (χ3n) is 3.37. The summed E-state index contributed by atoms with van der Waals surface area (Å²) in [6, 6.07) is 5.08. The van der Waals surface area contributed by atoms with E-state index in [2.05, 4.69) is 0 Å². The minimum atomic E-state index is -0.610. The van der Waals surface area contributed by atoms with Gasteiger partial charge in [-0.15, -0.1) is 0 Å². The minimum Gasteiger partial charge on any atom is -0.362 e. The fourth-order valence-electron chi connectivity index (χ4n) is 2.40. The largest absolute Gasteiger partial charge is 0.362 e. The van der Waals surface area contributed by atoms with Crippen LogP contribution >= 0.6 is 0 Å². The van der Waals surface area contributed by atoms with Gasteiger partial charge in [-0.25, -0.2) is 0 Å². The molecule has 7 heteroatoms. The SMILES string of the molecule is CO[C@@H]1CC[C@@H](C=O)N1C(=O)c1ccccc1[N+](=O)[O-]. The molecule has 0 aliphatic carbocycles. The van der Waals surface area contributed by atoms with Crippen LogP contribution in [0.25, 0.3) is 0 Å². The van der Waals surface area contributed by atoms with Crippen LogP contribution in [0.3, 0.4) is 0 Å². The summed E-state index contributed by atoms with van der Waals surface area (Å²) in [6.45, 7) is 0. The van der Waals surface area contributed by atoms with Gasteiger partial charge in [0.25, 0.3) is 11.6 Å². The molecule has 0 aromatic heterocycles. The van der Waals surface area contributed by atoms with Gasteiger partial charge >= 0.3 is 0 Å². The smallest absolute Gasteiger partial charge is 0.282 e. The standard InChI is InChI=1S/C13H14N2O5/c1-20-12-7-6-9(8-16)14(12)13(17)10-4-2-3-5-11(10)15(18)19/h2-5,8-9,12H,6-7H2,1H3/t9-,12+/m0/s1. The van der Waals surface area contributed by atoms with E-state index in [0.717, 1.165) is 0 Å². The molecule has 0 bridgehead atoms. The first-order chi connectivity index (χ1) is 9.60. The molecule has 0 saturated carbocycles. The molecule has 2 atom stereocenters. The second-order valence-corrected chi connectivity index (χ2v) is 4.46. The summed E-state index contributed by atoms with van der Waals surface area (Å²) in [6.07, 6.45) is 1.17. The average molecular weight is 278 g/mol. The zero-order valence-corrected chi connectivity index (χ0v) is 10.9. The number of nitro groups is 1. The van der Waals surface area contributed by atoms with Crippen molar-refractivity contribution in [2.24, 2.45) is 0 Å². The van der Waals surface area contributed by atoms with Gasteiger partial charge in [0.2, 0.25) is 0 Å². The number of hydrogen-bond acceptors (Lipinski definition) is 5. The number of nitrogens with zero attached hydrogens (tertiary/aromatic N) is 2. The number of amides is 1. The van der Waals surface area contributed by atoms with Crippen LogP contribution in [0.15, 0.2) is 24.3 Å². The molecule has 1 aromatic rings. The second kappa shape index (κ2) is 5.79. The Morgan fingerprint density at radius 2 is 2.15 bits per heavy atom. The first-order valence-corrected chi connectivity index (χ1v) is 6.14. The Bertz CT molecular complexity index is 545. The van der Waals surface area contributed by atoms with Gasteiger partial charge in [-0.2, -0.15) is 0 Å². The number of ether oxygens (including phenoxy) is 1. The Morgan fingerprint density at radius 3 is 2.75 bits per heavy atom. The number of para-hydroxylation sites is 1.